The van der Waals surface area contributed by atoms with E-state index >= 15 is 0 Å². The molecule has 0 amide bonds. The Morgan fingerprint density at radius 3 is 2.48 bits per heavy atom. The van der Waals surface area contributed by atoms with E-state index in [9.17, 15) is 10.1 Å². The zero-order valence-corrected chi connectivity index (χ0v) is 16.1. The van der Waals surface area contributed by atoms with Gasteiger partial charge in [0, 0.05) is 11.1 Å². The molecular weight excluding hydrogens is 413 g/mol. The first-order valence-electron chi connectivity index (χ1n) is 7.64. The molecule has 0 aliphatic heterocycles. The summed E-state index contributed by atoms with van der Waals surface area (Å²) >= 11 is 18.0. The van der Waals surface area contributed by atoms with Crippen molar-refractivity contribution in [1.82, 2.24) is 0 Å². The maximum atomic E-state index is 11.3. The maximum absolute atomic E-state index is 11.3. The summed E-state index contributed by atoms with van der Waals surface area (Å²) in [6, 6.07) is 11.3. The molecule has 3 aromatic rings. The Labute approximate surface area is 169 Å². The lowest BCUT2D eigenvalue weighted by Crippen LogP contribution is -1.92. The molecule has 138 valence electrons. The molecule has 6 nitrogen and oxygen atoms in total. The van der Waals surface area contributed by atoms with Crippen LogP contribution in [0.3, 0.4) is 0 Å². The summed E-state index contributed by atoms with van der Waals surface area (Å²) in [5.41, 5.74) is 4.28. The predicted octanol–water partition coefficient (Wildman–Crippen LogP) is 6.57. The molecular formula is C18H12Cl3N3O3. The summed E-state index contributed by atoms with van der Waals surface area (Å²) in [5.74, 6) is 0.763. The van der Waals surface area contributed by atoms with Crippen molar-refractivity contribution >= 4 is 52.4 Å². The number of hydrogen-bond donors (Lipinski definition) is 1. The second-order valence-corrected chi connectivity index (χ2v) is 6.85. The van der Waals surface area contributed by atoms with Crippen molar-refractivity contribution in [2.24, 2.45) is 5.10 Å². The molecule has 0 fully saturated rings. The topological polar surface area (TPSA) is 80.7 Å². The molecule has 0 spiro atoms. The van der Waals surface area contributed by atoms with Crippen molar-refractivity contribution in [2.75, 3.05) is 5.43 Å². The number of anilines is 1. The first-order chi connectivity index (χ1) is 12.8. The van der Waals surface area contributed by atoms with Gasteiger partial charge in [0.2, 0.25) is 0 Å². The van der Waals surface area contributed by atoms with E-state index in [0.717, 1.165) is 5.56 Å². The van der Waals surface area contributed by atoms with Crippen molar-refractivity contribution < 1.29 is 9.34 Å². The first-order valence-corrected chi connectivity index (χ1v) is 8.77. The highest BCUT2D eigenvalue weighted by Gasteiger charge is 2.18. The normalized spacial score (nSPS) is 11.1. The lowest BCUT2D eigenvalue weighted by atomic mass is 10.1. The van der Waals surface area contributed by atoms with Crippen LogP contribution in [0, 0.1) is 17.0 Å². The molecule has 1 heterocycles. The van der Waals surface area contributed by atoms with Gasteiger partial charge in [-0.1, -0.05) is 40.9 Å². The smallest absolute Gasteiger partial charge is 0.280 e. The number of aryl methyl sites for hydroxylation is 1. The van der Waals surface area contributed by atoms with Crippen LogP contribution in [-0.2, 0) is 0 Å². The fraction of sp³-hybridized carbons (Fsp3) is 0.0556. The summed E-state index contributed by atoms with van der Waals surface area (Å²) in [5, 5.41) is 16.3. The maximum Gasteiger partial charge on any atom is 0.280 e. The molecule has 1 N–H and O–H groups in total. The van der Waals surface area contributed by atoms with Gasteiger partial charge in [-0.15, -0.1) is 0 Å². The van der Waals surface area contributed by atoms with Crippen LogP contribution in [0.1, 0.15) is 11.3 Å². The first kappa shape index (κ1) is 19.2. The van der Waals surface area contributed by atoms with Crippen molar-refractivity contribution in [3.8, 4) is 11.3 Å². The second-order valence-electron chi connectivity index (χ2n) is 5.59. The molecule has 9 heteroatoms. The monoisotopic (exact) mass is 423 g/mol. The molecule has 1 aromatic heterocycles. The van der Waals surface area contributed by atoms with Gasteiger partial charge in [-0.3, -0.25) is 15.5 Å². The predicted molar refractivity (Wildman–Crippen MR) is 108 cm³/mol. The third-order valence-corrected chi connectivity index (χ3v) is 4.43. The quantitative estimate of drug-likeness (QED) is 0.285. The van der Waals surface area contributed by atoms with Gasteiger partial charge in [0.1, 0.15) is 11.5 Å². The fourth-order valence-corrected chi connectivity index (χ4v) is 3.28. The molecule has 2 aromatic carbocycles. The van der Waals surface area contributed by atoms with Gasteiger partial charge in [-0.2, -0.15) is 5.10 Å². The number of hydrazone groups is 1. The highest BCUT2D eigenvalue weighted by atomic mass is 35.5. The Morgan fingerprint density at radius 2 is 1.81 bits per heavy atom. The van der Waals surface area contributed by atoms with Gasteiger partial charge in [-0.25, -0.2) is 0 Å². The highest BCUT2D eigenvalue weighted by molar-refractivity contribution is 6.41. The number of halogens is 3. The van der Waals surface area contributed by atoms with E-state index in [1.54, 1.807) is 31.2 Å². The Bertz CT molecular complexity index is 1020. The average Bonchev–Trinajstić information content (AvgIpc) is 3.05. The zero-order chi connectivity index (χ0) is 19.6. The number of hydrogen-bond acceptors (Lipinski definition) is 5. The van der Waals surface area contributed by atoms with Crippen molar-refractivity contribution in [1.29, 1.82) is 0 Å². The third kappa shape index (κ3) is 4.42. The van der Waals surface area contributed by atoms with Gasteiger partial charge >= 0.3 is 0 Å². The molecule has 3 rings (SSSR count). The van der Waals surface area contributed by atoms with Crippen LogP contribution in [0.5, 0.6) is 0 Å². The van der Waals surface area contributed by atoms with E-state index in [-0.39, 0.29) is 5.69 Å². The molecule has 0 aliphatic carbocycles. The molecule has 0 saturated heterocycles. The van der Waals surface area contributed by atoms with Crippen LogP contribution in [0.2, 0.25) is 15.1 Å². The summed E-state index contributed by atoms with van der Waals surface area (Å²) in [7, 11) is 0. The number of nitro groups is 1. The van der Waals surface area contributed by atoms with E-state index in [4.69, 9.17) is 39.2 Å². The minimum atomic E-state index is -0.440. The average molecular weight is 425 g/mol. The molecule has 0 bridgehead atoms. The van der Waals surface area contributed by atoms with Crippen LogP contribution < -0.4 is 5.43 Å². The van der Waals surface area contributed by atoms with Gasteiger partial charge in [0.25, 0.3) is 5.69 Å². The number of benzene rings is 2. The largest absolute Gasteiger partial charge is 0.455 e. The summed E-state index contributed by atoms with van der Waals surface area (Å²) in [4.78, 5) is 10.8. The van der Waals surface area contributed by atoms with E-state index in [1.807, 2.05) is 0 Å². The lowest BCUT2D eigenvalue weighted by molar-refractivity contribution is -0.384. The summed E-state index contributed by atoms with van der Waals surface area (Å²) < 4.78 is 5.64. The SMILES string of the molecule is Cc1ccc(-c2ccc(C=NNc3c(Cl)cc(Cl)cc3Cl)o2)c([N+](=O)[O-])c1. The van der Waals surface area contributed by atoms with Crippen molar-refractivity contribution in [3.05, 3.63) is 79.0 Å². The molecule has 0 unspecified atom stereocenters. The van der Waals surface area contributed by atoms with E-state index in [0.29, 0.717) is 37.8 Å². The summed E-state index contributed by atoms with van der Waals surface area (Å²) in [6.45, 7) is 1.79. The Kier molecular flexibility index (Phi) is 5.70. The molecule has 27 heavy (non-hydrogen) atoms. The van der Waals surface area contributed by atoms with Crippen LogP contribution in [0.25, 0.3) is 11.3 Å². The lowest BCUT2D eigenvalue weighted by Gasteiger charge is -2.06. The Hall–Kier alpha value is -2.54. The van der Waals surface area contributed by atoms with Gasteiger partial charge in [0.05, 0.1) is 32.4 Å². The van der Waals surface area contributed by atoms with Crippen LogP contribution >= 0.6 is 34.8 Å². The fourth-order valence-electron chi connectivity index (χ4n) is 2.38. The minimum absolute atomic E-state index is 0.0225. The number of rotatable bonds is 5. The van der Waals surface area contributed by atoms with Gasteiger partial charge in [-0.05, 0) is 42.8 Å². The number of nitro benzene ring substituents is 1. The number of nitrogens with one attached hydrogen (secondary N) is 1. The van der Waals surface area contributed by atoms with Crippen molar-refractivity contribution in [2.45, 2.75) is 6.92 Å². The Morgan fingerprint density at radius 1 is 1.11 bits per heavy atom. The number of nitrogens with zero attached hydrogens (tertiary/aromatic N) is 2. The van der Waals surface area contributed by atoms with E-state index < -0.39 is 4.92 Å². The second kappa shape index (κ2) is 8.00. The Balaban J connectivity index is 1.81. The molecule has 0 atom stereocenters. The van der Waals surface area contributed by atoms with E-state index in [1.165, 1.54) is 24.4 Å². The van der Waals surface area contributed by atoms with Gasteiger partial charge < -0.3 is 4.42 Å². The highest BCUT2D eigenvalue weighted by Crippen LogP contribution is 2.34. The molecule has 0 saturated carbocycles. The summed E-state index contributed by atoms with van der Waals surface area (Å²) in [6.07, 6.45) is 1.41. The van der Waals surface area contributed by atoms with Crippen LogP contribution in [-0.4, -0.2) is 11.1 Å². The molecule has 0 aliphatic rings. The standard InChI is InChI=1S/C18H12Cl3N3O3/c1-10-2-4-13(16(6-10)24(25)26)17-5-3-12(27-17)9-22-23-18-14(20)7-11(19)8-15(18)21/h2-9,23H,1H3. The van der Waals surface area contributed by atoms with Crippen LogP contribution in [0.15, 0.2) is 52.0 Å². The minimum Gasteiger partial charge on any atom is -0.455 e. The van der Waals surface area contributed by atoms with E-state index in [2.05, 4.69) is 10.5 Å². The molecule has 0 radical (unpaired) electrons. The van der Waals surface area contributed by atoms with Crippen molar-refractivity contribution in [3.63, 3.8) is 0 Å². The van der Waals surface area contributed by atoms with Gasteiger partial charge in [0.15, 0.2) is 0 Å². The number of furan rings is 1. The third-order valence-electron chi connectivity index (χ3n) is 3.62. The zero-order valence-electron chi connectivity index (χ0n) is 13.9. The van der Waals surface area contributed by atoms with Crippen LogP contribution in [0.4, 0.5) is 11.4 Å².